The number of carbonyl (C=O) groups is 1. The molecule has 1 amide bonds. The largest absolute Gasteiger partial charge is 0.416 e. The number of nitrogens with one attached hydrogen (secondary N) is 1. The van der Waals surface area contributed by atoms with Crippen LogP contribution >= 0.6 is 0 Å². The summed E-state index contributed by atoms with van der Waals surface area (Å²) in [5, 5.41) is 12.7. The van der Waals surface area contributed by atoms with E-state index in [1.165, 1.54) is 6.07 Å². The maximum atomic E-state index is 12.9. The number of aliphatic hydroxyl groups excluding tert-OH is 1. The number of halogens is 3. The fourth-order valence-electron chi connectivity index (χ4n) is 3.01. The Bertz CT molecular complexity index is 587. The Morgan fingerprint density at radius 1 is 1.35 bits per heavy atom. The van der Waals surface area contributed by atoms with Gasteiger partial charge in [-0.05, 0) is 37.0 Å². The smallest absolute Gasteiger partial charge is 0.392 e. The molecule has 0 aromatic heterocycles. The van der Waals surface area contributed by atoms with Crippen LogP contribution in [-0.2, 0) is 11.0 Å². The molecule has 23 heavy (non-hydrogen) atoms. The lowest BCUT2D eigenvalue weighted by Gasteiger charge is -2.24. The van der Waals surface area contributed by atoms with E-state index in [-0.39, 0.29) is 24.5 Å². The zero-order valence-corrected chi connectivity index (χ0v) is 12.5. The topological polar surface area (TPSA) is 52.6 Å². The number of hydrogen-bond donors (Lipinski definition) is 2. The Balaban J connectivity index is 1.74. The summed E-state index contributed by atoms with van der Waals surface area (Å²) in [4.78, 5) is 13.7. The van der Waals surface area contributed by atoms with Gasteiger partial charge in [-0.1, -0.05) is 12.1 Å². The lowest BCUT2D eigenvalue weighted by molar-refractivity contribution is -0.137. The van der Waals surface area contributed by atoms with Crippen LogP contribution in [0.5, 0.6) is 0 Å². The monoisotopic (exact) mass is 328 g/mol. The van der Waals surface area contributed by atoms with E-state index < -0.39 is 17.8 Å². The molecular weight excluding hydrogens is 309 g/mol. The van der Waals surface area contributed by atoms with Crippen molar-refractivity contribution in [3.63, 3.8) is 0 Å². The summed E-state index contributed by atoms with van der Waals surface area (Å²) in [6, 6.07) is 4.97. The highest BCUT2D eigenvalue weighted by atomic mass is 19.4. The van der Waals surface area contributed by atoms with Crippen LogP contribution in [-0.4, -0.2) is 41.1 Å². The van der Waals surface area contributed by atoms with Crippen LogP contribution in [0, 0.1) is 0 Å². The van der Waals surface area contributed by atoms with E-state index in [0.29, 0.717) is 18.5 Å². The number of aliphatic hydroxyl groups is 1. The summed E-state index contributed by atoms with van der Waals surface area (Å²) >= 11 is 0. The van der Waals surface area contributed by atoms with Crippen LogP contribution in [0.25, 0.3) is 0 Å². The van der Waals surface area contributed by atoms with Crippen LogP contribution in [0.15, 0.2) is 24.3 Å². The van der Waals surface area contributed by atoms with Crippen molar-refractivity contribution in [3.8, 4) is 0 Å². The molecule has 1 saturated heterocycles. The molecule has 1 heterocycles. The zero-order valence-electron chi connectivity index (χ0n) is 12.5. The average molecular weight is 328 g/mol. The predicted molar refractivity (Wildman–Crippen MR) is 77.5 cm³/mol. The Kier molecular flexibility index (Phi) is 4.33. The molecule has 0 unspecified atom stereocenters. The summed E-state index contributed by atoms with van der Waals surface area (Å²) in [6.45, 7) is 0.382. The van der Waals surface area contributed by atoms with Gasteiger partial charge in [-0.25, -0.2) is 0 Å². The first-order valence-electron chi connectivity index (χ1n) is 7.71. The molecule has 0 spiro atoms. The first-order chi connectivity index (χ1) is 10.8. The minimum Gasteiger partial charge on any atom is -0.392 e. The van der Waals surface area contributed by atoms with E-state index in [1.807, 2.05) is 0 Å². The van der Waals surface area contributed by atoms with Gasteiger partial charge in [0.2, 0.25) is 5.91 Å². The van der Waals surface area contributed by atoms with Crippen molar-refractivity contribution in [2.24, 2.45) is 0 Å². The second-order valence-corrected chi connectivity index (χ2v) is 6.30. The quantitative estimate of drug-likeness (QED) is 0.890. The van der Waals surface area contributed by atoms with Crippen LogP contribution < -0.4 is 5.32 Å². The Morgan fingerprint density at radius 3 is 2.74 bits per heavy atom. The Labute approximate surface area is 132 Å². The van der Waals surface area contributed by atoms with Crippen LogP contribution in [0.4, 0.5) is 13.2 Å². The third-order valence-electron chi connectivity index (χ3n) is 4.27. The highest BCUT2D eigenvalue weighted by Crippen LogP contribution is 2.36. The number of hydrogen-bond acceptors (Lipinski definition) is 3. The van der Waals surface area contributed by atoms with Crippen molar-refractivity contribution in [1.82, 2.24) is 10.2 Å². The molecule has 2 fully saturated rings. The second kappa shape index (κ2) is 6.13. The molecule has 2 N–H and O–H groups in total. The number of likely N-dealkylation sites (tertiary alicyclic amines) is 1. The highest BCUT2D eigenvalue weighted by molar-refractivity contribution is 5.78. The molecule has 1 aliphatic carbocycles. The van der Waals surface area contributed by atoms with E-state index in [2.05, 4.69) is 5.32 Å². The molecular formula is C16H19F3N2O2. The third-order valence-corrected chi connectivity index (χ3v) is 4.27. The van der Waals surface area contributed by atoms with Crippen molar-refractivity contribution in [2.45, 2.75) is 43.6 Å². The minimum atomic E-state index is -4.40. The van der Waals surface area contributed by atoms with E-state index in [4.69, 9.17) is 0 Å². The van der Waals surface area contributed by atoms with Gasteiger partial charge in [-0.3, -0.25) is 9.69 Å². The number of carbonyl (C=O) groups excluding carboxylic acids is 1. The van der Waals surface area contributed by atoms with Gasteiger partial charge in [0.05, 0.1) is 18.2 Å². The summed E-state index contributed by atoms with van der Waals surface area (Å²) < 4.78 is 38.6. The van der Waals surface area contributed by atoms with Crippen LogP contribution in [0.2, 0.25) is 0 Å². The molecule has 7 heteroatoms. The average Bonchev–Trinajstić information content (AvgIpc) is 3.20. The fraction of sp³-hybridized carbons (Fsp3) is 0.562. The van der Waals surface area contributed by atoms with Crippen molar-refractivity contribution in [2.75, 3.05) is 13.1 Å². The number of rotatable bonds is 4. The molecule has 2 aliphatic rings. The molecule has 2 atom stereocenters. The number of β-amino-alcohol motifs (C(OH)–C–C–N with tert-alkyl or cyclic N) is 1. The standard InChI is InChI=1S/C16H19F3N2O2/c17-16(18,19)11-3-1-2-10(6-11)14-7-13(22)8-21(14)9-15(23)20-12-4-5-12/h1-3,6,12-14,22H,4-5,7-9H2,(H,20,23)/t13-,14+/m0/s1. The normalized spacial score (nSPS) is 25.6. The van der Waals surface area contributed by atoms with E-state index in [1.54, 1.807) is 11.0 Å². The molecule has 3 rings (SSSR count). The van der Waals surface area contributed by atoms with E-state index >= 15 is 0 Å². The van der Waals surface area contributed by atoms with Crippen molar-refractivity contribution in [1.29, 1.82) is 0 Å². The van der Waals surface area contributed by atoms with Crippen molar-refractivity contribution < 1.29 is 23.1 Å². The lowest BCUT2D eigenvalue weighted by Crippen LogP contribution is -2.38. The van der Waals surface area contributed by atoms with E-state index in [0.717, 1.165) is 25.0 Å². The first kappa shape index (κ1) is 16.3. The van der Waals surface area contributed by atoms with Gasteiger partial charge < -0.3 is 10.4 Å². The Morgan fingerprint density at radius 2 is 2.09 bits per heavy atom. The number of benzene rings is 1. The molecule has 0 bridgehead atoms. The number of amides is 1. The van der Waals surface area contributed by atoms with Gasteiger partial charge in [0.1, 0.15) is 0 Å². The third kappa shape index (κ3) is 4.03. The fourth-order valence-corrected chi connectivity index (χ4v) is 3.01. The highest BCUT2D eigenvalue weighted by Gasteiger charge is 2.36. The summed E-state index contributed by atoms with van der Waals surface area (Å²) in [6.07, 6.45) is -2.75. The predicted octanol–water partition coefficient (Wildman–Crippen LogP) is 2.09. The SMILES string of the molecule is O=C(CN1C[C@@H](O)C[C@@H]1c1cccc(C(F)(F)F)c1)NC1CC1. The lowest BCUT2D eigenvalue weighted by atomic mass is 10.0. The second-order valence-electron chi connectivity index (χ2n) is 6.30. The van der Waals surface area contributed by atoms with E-state index in [9.17, 15) is 23.1 Å². The molecule has 1 aromatic rings. The summed E-state index contributed by atoms with van der Waals surface area (Å²) in [7, 11) is 0. The maximum Gasteiger partial charge on any atom is 0.416 e. The van der Waals surface area contributed by atoms with Crippen molar-refractivity contribution in [3.05, 3.63) is 35.4 Å². The molecule has 1 aromatic carbocycles. The minimum absolute atomic E-state index is 0.0917. The molecule has 1 aliphatic heterocycles. The summed E-state index contributed by atoms with van der Waals surface area (Å²) in [5.74, 6) is -0.140. The van der Waals surface area contributed by atoms with Gasteiger partial charge in [0.25, 0.3) is 0 Å². The number of nitrogens with zero attached hydrogens (tertiary/aromatic N) is 1. The van der Waals surface area contributed by atoms with Crippen LogP contribution in [0.3, 0.4) is 0 Å². The van der Waals surface area contributed by atoms with Gasteiger partial charge in [-0.2, -0.15) is 13.2 Å². The first-order valence-corrected chi connectivity index (χ1v) is 7.71. The maximum absolute atomic E-state index is 12.9. The van der Waals surface area contributed by atoms with Gasteiger partial charge >= 0.3 is 6.18 Å². The van der Waals surface area contributed by atoms with Gasteiger partial charge in [-0.15, -0.1) is 0 Å². The molecule has 4 nitrogen and oxygen atoms in total. The van der Waals surface area contributed by atoms with Crippen LogP contribution in [0.1, 0.15) is 36.4 Å². The molecule has 1 saturated carbocycles. The van der Waals surface area contributed by atoms with Gasteiger partial charge in [0.15, 0.2) is 0 Å². The molecule has 126 valence electrons. The van der Waals surface area contributed by atoms with Crippen molar-refractivity contribution >= 4 is 5.91 Å². The summed E-state index contributed by atoms with van der Waals surface area (Å²) in [5.41, 5.74) is -0.227. The van der Waals surface area contributed by atoms with Gasteiger partial charge in [0, 0.05) is 18.6 Å². The molecule has 0 radical (unpaired) electrons. The Hall–Kier alpha value is -1.60. The number of alkyl halides is 3. The zero-order chi connectivity index (χ0) is 16.6.